The first-order chi connectivity index (χ1) is 23.6. The Hall–Kier alpha value is -5.63. The molecular formula is C40H40N6O2. The number of nitrogens with one attached hydrogen (secondary N) is 3. The number of nitrogens with zero attached hydrogens (tertiary/aromatic N) is 3. The van der Waals surface area contributed by atoms with Gasteiger partial charge >= 0.3 is 0 Å². The van der Waals surface area contributed by atoms with Crippen molar-refractivity contribution in [2.24, 2.45) is 0 Å². The number of amides is 2. The second kappa shape index (κ2) is 14.4. The summed E-state index contributed by atoms with van der Waals surface area (Å²) in [4.78, 5) is 38.1. The number of benzene rings is 3. The van der Waals surface area contributed by atoms with Crippen LogP contribution in [0.15, 0.2) is 121 Å². The number of carbonyl (C=O) groups is 2. The highest BCUT2D eigenvalue weighted by atomic mass is 16.2. The van der Waals surface area contributed by atoms with E-state index in [2.05, 4.69) is 57.0 Å². The standard InChI is InChI=1S/C40H40N6O2/c47-37(25-31-9-3-1-4-10-31)45-23-7-13-35(45)39-41-27-33(43-39)21-19-29-15-17-30(18-16-29)20-22-34-28-42-40(44-34)36-14-8-24-46(36)38(48)26-32-11-5-2-6-12-32/h1-6,9-12,15-22,27-28,35,42,44H,7-8,13-14,23-26H2,(H,41,43)/b21-19+,22-20+,40-36+/t35-/m0/s1. The molecule has 2 saturated heterocycles. The molecule has 0 unspecified atom stereocenters. The number of aromatic nitrogens is 2. The van der Waals surface area contributed by atoms with Gasteiger partial charge in [-0.2, -0.15) is 0 Å². The van der Waals surface area contributed by atoms with Gasteiger partial charge in [-0.1, -0.05) is 97.1 Å². The van der Waals surface area contributed by atoms with E-state index in [9.17, 15) is 9.59 Å². The highest BCUT2D eigenvalue weighted by Gasteiger charge is 2.32. The minimum Gasteiger partial charge on any atom is -0.345 e. The summed E-state index contributed by atoms with van der Waals surface area (Å²) in [5.41, 5.74) is 7.11. The third-order valence-corrected chi connectivity index (χ3v) is 9.10. The van der Waals surface area contributed by atoms with Gasteiger partial charge in [0.15, 0.2) is 0 Å². The number of carbonyl (C=O) groups excluding carboxylic acids is 2. The van der Waals surface area contributed by atoms with E-state index in [1.807, 2.05) is 95.0 Å². The third-order valence-electron chi connectivity index (χ3n) is 9.10. The van der Waals surface area contributed by atoms with Crippen molar-refractivity contribution in [1.82, 2.24) is 30.4 Å². The molecule has 8 heteroatoms. The Morgan fingerprint density at radius 2 is 1.44 bits per heavy atom. The molecule has 2 amide bonds. The Labute approximate surface area is 281 Å². The molecule has 3 aromatic carbocycles. The molecule has 0 radical (unpaired) electrons. The quantitative estimate of drug-likeness (QED) is 0.193. The van der Waals surface area contributed by atoms with E-state index in [0.717, 1.165) is 89.8 Å². The predicted octanol–water partition coefficient (Wildman–Crippen LogP) is 6.57. The summed E-state index contributed by atoms with van der Waals surface area (Å²) in [6, 6.07) is 28.2. The van der Waals surface area contributed by atoms with E-state index < -0.39 is 0 Å². The van der Waals surface area contributed by atoms with Crippen LogP contribution in [0.1, 0.15) is 65.5 Å². The van der Waals surface area contributed by atoms with Crippen LogP contribution in [0.5, 0.6) is 0 Å². The van der Waals surface area contributed by atoms with Crippen molar-refractivity contribution in [2.45, 2.75) is 44.6 Å². The van der Waals surface area contributed by atoms with E-state index in [1.165, 1.54) is 0 Å². The first-order valence-corrected chi connectivity index (χ1v) is 16.7. The van der Waals surface area contributed by atoms with Crippen molar-refractivity contribution < 1.29 is 9.59 Å². The lowest BCUT2D eigenvalue weighted by molar-refractivity contribution is -0.131. The summed E-state index contributed by atoms with van der Waals surface area (Å²) in [6.07, 6.45) is 16.5. The Kier molecular flexibility index (Phi) is 9.31. The van der Waals surface area contributed by atoms with Crippen LogP contribution in [-0.2, 0) is 22.4 Å². The Morgan fingerprint density at radius 1 is 0.771 bits per heavy atom. The molecule has 4 aromatic rings. The lowest BCUT2D eigenvalue weighted by Crippen LogP contribution is -2.32. The average molecular weight is 637 g/mol. The van der Waals surface area contributed by atoms with Gasteiger partial charge in [-0.05, 0) is 60.1 Å². The van der Waals surface area contributed by atoms with Gasteiger partial charge in [-0.15, -0.1) is 0 Å². The molecule has 7 rings (SSSR count). The summed E-state index contributed by atoms with van der Waals surface area (Å²) in [5, 5.41) is 6.79. The highest BCUT2D eigenvalue weighted by Crippen LogP contribution is 2.31. The molecule has 3 aliphatic heterocycles. The Bertz CT molecular complexity index is 1870. The van der Waals surface area contributed by atoms with Crippen molar-refractivity contribution in [1.29, 1.82) is 0 Å². The van der Waals surface area contributed by atoms with Crippen molar-refractivity contribution in [2.75, 3.05) is 13.1 Å². The first-order valence-electron chi connectivity index (χ1n) is 16.7. The fourth-order valence-electron chi connectivity index (χ4n) is 6.60. The summed E-state index contributed by atoms with van der Waals surface area (Å²) in [6.45, 7) is 1.51. The van der Waals surface area contributed by atoms with Crippen LogP contribution < -0.4 is 10.6 Å². The fraction of sp³-hybridized carbons (Fsp3) is 0.225. The number of aromatic amines is 1. The topological polar surface area (TPSA) is 93.4 Å². The first kappa shape index (κ1) is 31.0. The van der Waals surface area contributed by atoms with Crippen molar-refractivity contribution in [3.8, 4) is 0 Å². The van der Waals surface area contributed by atoms with Gasteiger partial charge in [0, 0.05) is 19.3 Å². The van der Waals surface area contributed by atoms with Gasteiger partial charge in [-0.3, -0.25) is 9.59 Å². The maximum absolute atomic E-state index is 13.1. The zero-order chi connectivity index (χ0) is 32.7. The van der Waals surface area contributed by atoms with Crippen LogP contribution in [0, 0.1) is 0 Å². The normalized spacial score (nSPS) is 19.2. The molecule has 0 spiro atoms. The molecule has 4 heterocycles. The molecule has 0 saturated carbocycles. The highest BCUT2D eigenvalue weighted by molar-refractivity contribution is 5.81. The van der Waals surface area contributed by atoms with Crippen molar-refractivity contribution in [3.63, 3.8) is 0 Å². The van der Waals surface area contributed by atoms with Gasteiger partial charge in [0.2, 0.25) is 11.8 Å². The van der Waals surface area contributed by atoms with Crippen LogP contribution in [-0.4, -0.2) is 44.7 Å². The molecular weight excluding hydrogens is 596 g/mol. The maximum Gasteiger partial charge on any atom is 0.231 e. The van der Waals surface area contributed by atoms with E-state index in [4.69, 9.17) is 0 Å². The molecule has 8 nitrogen and oxygen atoms in total. The number of likely N-dealkylation sites (tertiary alicyclic amines) is 2. The number of rotatable bonds is 9. The Balaban J connectivity index is 0.923. The smallest absolute Gasteiger partial charge is 0.231 e. The molecule has 0 aliphatic carbocycles. The van der Waals surface area contributed by atoms with Crippen LogP contribution in [0.3, 0.4) is 0 Å². The van der Waals surface area contributed by atoms with E-state index in [1.54, 1.807) is 0 Å². The van der Waals surface area contributed by atoms with Gasteiger partial charge in [0.1, 0.15) is 11.6 Å². The number of H-pyrrole nitrogens is 1. The van der Waals surface area contributed by atoms with E-state index in [0.29, 0.717) is 12.8 Å². The number of hydrogen-bond donors (Lipinski definition) is 3. The molecule has 2 fully saturated rings. The van der Waals surface area contributed by atoms with Crippen LogP contribution in [0.25, 0.3) is 18.2 Å². The number of allylic oxidation sites excluding steroid dienone is 2. The summed E-state index contributed by atoms with van der Waals surface area (Å²) in [7, 11) is 0. The second-order valence-corrected chi connectivity index (χ2v) is 12.5. The zero-order valence-corrected chi connectivity index (χ0v) is 26.9. The van der Waals surface area contributed by atoms with Crippen LogP contribution >= 0.6 is 0 Å². The number of imidazole rings is 1. The summed E-state index contributed by atoms with van der Waals surface area (Å²) < 4.78 is 0. The number of hydrogen-bond acceptors (Lipinski definition) is 5. The maximum atomic E-state index is 13.1. The lowest BCUT2D eigenvalue weighted by atomic mass is 10.1. The van der Waals surface area contributed by atoms with Gasteiger partial charge in [-0.25, -0.2) is 4.98 Å². The van der Waals surface area contributed by atoms with Gasteiger partial charge in [0.05, 0.1) is 42.2 Å². The van der Waals surface area contributed by atoms with Crippen LogP contribution in [0.2, 0.25) is 0 Å². The molecule has 242 valence electrons. The van der Waals surface area contributed by atoms with Crippen LogP contribution in [0.4, 0.5) is 0 Å². The monoisotopic (exact) mass is 636 g/mol. The summed E-state index contributed by atoms with van der Waals surface area (Å²) >= 11 is 0. The largest absolute Gasteiger partial charge is 0.345 e. The zero-order valence-electron chi connectivity index (χ0n) is 26.9. The average Bonchev–Trinajstić information content (AvgIpc) is 3.94. The second-order valence-electron chi connectivity index (χ2n) is 12.5. The van der Waals surface area contributed by atoms with E-state index in [-0.39, 0.29) is 17.9 Å². The lowest BCUT2D eigenvalue weighted by Gasteiger charge is -2.23. The van der Waals surface area contributed by atoms with Crippen molar-refractivity contribution >= 4 is 30.0 Å². The molecule has 48 heavy (non-hydrogen) atoms. The molecule has 3 N–H and O–H groups in total. The molecule has 1 aromatic heterocycles. The van der Waals surface area contributed by atoms with E-state index >= 15 is 0 Å². The fourth-order valence-corrected chi connectivity index (χ4v) is 6.60. The SMILES string of the molecule is O=C(Cc1ccccc1)N1CCC/C1=C1/NC=C(/C=C/c2ccc(/C=C/c3cnc([C@@H]4CCCN4C(=O)Cc4ccccc4)[nH]3)cc2)N1. The van der Waals surface area contributed by atoms with Gasteiger partial charge in [0.25, 0.3) is 0 Å². The molecule has 3 aliphatic rings. The minimum atomic E-state index is -0.0133. The van der Waals surface area contributed by atoms with Crippen molar-refractivity contribution in [3.05, 3.63) is 154 Å². The third kappa shape index (κ3) is 7.33. The molecule has 1 atom stereocenters. The summed E-state index contributed by atoms with van der Waals surface area (Å²) in [5.74, 6) is 2.00. The van der Waals surface area contributed by atoms with Gasteiger partial charge < -0.3 is 25.4 Å². The molecule has 0 bridgehead atoms. The Morgan fingerprint density at radius 3 is 2.15 bits per heavy atom. The minimum absolute atomic E-state index is 0.0133. The predicted molar refractivity (Wildman–Crippen MR) is 189 cm³/mol.